The summed E-state index contributed by atoms with van der Waals surface area (Å²) in [6.07, 6.45) is 1.05. The van der Waals surface area contributed by atoms with E-state index >= 15 is 0 Å². The number of anilines is 1. The van der Waals surface area contributed by atoms with E-state index in [0.29, 0.717) is 53.6 Å². The Morgan fingerprint density at radius 2 is 1.86 bits per heavy atom. The van der Waals surface area contributed by atoms with Crippen molar-refractivity contribution in [1.29, 1.82) is 0 Å². The summed E-state index contributed by atoms with van der Waals surface area (Å²) in [5, 5.41) is 15.0. The Morgan fingerprint density at radius 1 is 1.14 bits per heavy atom. The van der Waals surface area contributed by atoms with Gasteiger partial charge in [-0.25, -0.2) is 13.9 Å². The van der Waals surface area contributed by atoms with Gasteiger partial charge in [-0.2, -0.15) is 10.2 Å². The summed E-state index contributed by atoms with van der Waals surface area (Å²) < 4.78 is 21.7. The molecule has 13 heteroatoms. The summed E-state index contributed by atoms with van der Waals surface area (Å²) in [4.78, 5) is 44.7. The van der Waals surface area contributed by atoms with Gasteiger partial charge >= 0.3 is 6.03 Å². The molecule has 3 heterocycles. The highest BCUT2D eigenvalue weighted by Crippen LogP contribution is 2.32. The number of carbonyl (C=O) groups excluding carboxylic acids is 2. The molecular weight excluding hydrogens is 569 g/mol. The number of aromatic nitrogens is 3. The van der Waals surface area contributed by atoms with Crippen molar-refractivity contribution in [3.63, 3.8) is 0 Å². The number of para-hydroxylation sites is 1. The Kier molecular flexibility index (Phi) is 9.18. The van der Waals surface area contributed by atoms with Gasteiger partial charge in [-0.05, 0) is 42.8 Å². The summed E-state index contributed by atoms with van der Waals surface area (Å²) in [6.45, 7) is 3.09. The predicted molar refractivity (Wildman–Crippen MR) is 162 cm³/mol. The van der Waals surface area contributed by atoms with E-state index in [4.69, 9.17) is 14.7 Å². The van der Waals surface area contributed by atoms with Crippen LogP contribution in [0, 0.1) is 12.7 Å². The van der Waals surface area contributed by atoms with Crippen LogP contribution >= 0.6 is 0 Å². The number of halogens is 1. The first-order valence-corrected chi connectivity index (χ1v) is 14.0. The van der Waals surface area contributed by atoms with E-state index in [0.717, 1.165) is 0 Å². The van der Waals surface area contributed by atoms with Gasteiger partial charge in [-0.3, -0.25) is 19.7 Å². The zero-order valence-electron chi connectivity index (χ0n) is 24.8. The molecule has 2 aromatic heterocycles. The summed E-state index contributed by atoms with van der Waals surface area (Å²) in [5.74, 6) is -0.487. The van der Waals surface area contributed by atoms with Crippen molar-refractivity contribution in [2.75, 3.05) is 39.2 Å². The molecule has 0 radical (unpaired) electrons. The Hall–Kier alpha value is -4.85. The van der Waals surface area contributed by atoms with Gasteiger partial charge in [-0.15, -0.1) is 0 Å². The number of aryl methyl sites for hydroxylation is 1. The highest BCUT2D eigenvalue weighted by atomic mass is 19.1. The quantitative estimate of drug-likeness (QED) is 0.268. The molecule has 2 atom stereocenters. The van der Waals surface area contributed by atoms with Gasteiger partial charge in [0.25, 0.3) is 11.5 Å². The number of nitrogens with zero attached hydrogens (tertiary/aromatic N) is 4. The lowest BCUT2D eigenvalue weighted by Crippen LogP contribution is -2.42. The number of pyridine rings is 1. The number of methoxy groups -OCH3 is 1. The van der Waals surface area contributed by atoms with Crippen molar-refractivity contribution in [1.82, 2.24) is 30.0 Å². The van der Waals surface area contributed by atoms with E-state index in [1.54, 1.807) is 49.2 Å². The largest absolute Gasteiger partial charge is 0.383 e. The predicted octanol–water partition coefficient (Wildman–Crippen LogP) is 3.17. The Morgan fingerprint density at radius 3 is 2.55 bits per heavy atom. The summed E-state index contributed by atoms with van der Waals surface area (Å²) >= 11 is 0. The van der Waals surface area contributed by atoms with Crippen LogP contribution in [0.4, 0.5) is 15.0 Å². The lowest BCUT2D eigenvalue weighted by Gasteiger charge is -2.19. The number of urea groups is 1. The molecule has 0 aliphatic carbocycles. The maximum atomic E-state index is 13.6. The molecule has 12 nitrogen and oxygen atoms in total. The van der Waals surface area contributed by atoms with E-state index in [9.17, 15) is 18.8 Å². The third-order valence-corrected chi connectivity index (χ3v) is 7.37. The molecule has 5 rings (SSSR count). The molecule has 3 N–H and O–H groups in total. The minimum Gasteiger partial charge on any atom is -0.383 e. The first kappa shape index (κ1) is 30.6. The molecule has 1 aliphatic heterocycles. The van der Waals surface area contributed by atoms with Crippen molar-refractivity contribution in [2.24, 2.45) is 7.05 Å². The number of ether oxygens (including phenoxy) is 1. The van der Waals surface area contributed by atoms with Gasteiger partial charge in [0.2, 0.25) is 0 Å². The van der Waals surface area contributed by atoms with Crippen LogP contribution < -0.4 is 21.5 Å². The molecule has 1 fully saturated rings. The number of hydrogen-bond donors (Lipinski definition) is 3. The van der Waals surface area contributed by atoms with Crippen molar-refractivity contribution < 1.29 is 23.6 Å². The summed E-state index contributed by atoms with van der Waals surface area (Å²) in [6, 6.07) is 15.8. The maximum Gasteiger partial charge on any atom is 0.320 e. The van der Waals surface area contributed by atoms with Gasteiger partial charge in [-0.1, -0.05) is 30.3 Å². The molecule has 0 bridgehead atoms. The molecule has 230 valence electrons. The fraction of sp³-hybridized carbons (Fsp3) is 0.290. The van der Waals surface area contributed by atoms with Crippen molar-refractivity contribution >= 4 is 17.8 Å². The fourth-order valence-corrected chi connectivity index (χ4v) is 5.12. The Balaban J connectivity index is 1.48. The zero-order chi connectivity index (χ0) is 31.4. The average Bonchev–Trinajstić information content (AvgIpc) is 3.57. The van der Waals surface area contributed by atoms with Gasteiger partial charge in [0, 0.05) is 51.6 Å². The number of amides is 3. The summed E-state index contributed by atoms with van der Waals surface area (Å²) in [5.41, 5.74) is 2.54. The molecule has 0 saturated carbocycles. The standard InChI is InChI=1S/C31H34FN7O5/c1-19-26(21-16-24(29(40)33-2)30(41)37(3)17-21)36-39(23-8-6-5-7-9-23)28(19)35-31(42)34-25-18-38(14-15-43-4)44-27(25)20-10-12-22(32)13-11-20/h5-13,16-17,25,27H,14-15,18H2,1-4H3,(H,33,40)(H2,34,35,42)/t25-,27+/m1/s1. The van der Waals surface area contributed by atoms with Crippen molar-refractivity contribution in [3.8, 4) is 16.9 Å². The minimum atomic E-state index is -0.553. The van der Waals surface area contributed by atoms with Gasteiger partial charge in [0.15, 0.2) is 0 Å². The number of hydrogen-bond acceptors (Lipinski definition) is 7. The Bertz CT molecular complexity index is 1710. The van der Waals surface area contributed by atoms with Crippen LogP contribution in [0.15, 0.2) is 71.7 Å². The second kappa shape index (κ2) is 13.2. The fourth-order valence-electron chi connectivity index (χ4n) is 5.12. The van der Waals surface area contributed by atoms with Gasteiger partial charge in [0.05, 0.1) is 24.0 Å². The van der Waals surface area contributed by atoms with Crippen molar-refractivity contribution in [2.45, 2.75) is 19.1 Å². The van der Waals surface area contributed by atoms with Crippen LogP contribution in [0.5, 0.6) is 0 Å². The number of nitrogens with one attached hydrogen (secondary N) is 3. The molecule has 1 aliphatic rings. The van der Waals surface area contributed by atoms with E-state index in [-0.39, 0.29) is 11.4 Å². The monoisotopic (exact) mass is 603 g/mol. The molecule has 44 heavy (non-hydrogen) atoms. The topological polar surface area (TPSA) is 132 Å². The highest BCUT2D eigenvalue weighted by Gasteiger charge is 2.36. The molecular formula is C31H34FN7O5. The second-order valence-corrected chi connectivity index (χ2v) is 10.4. The molecule has 2 aromatic carbocycles. The molecule has 4 aromatic rings. The molecule has 0 spiro atoms. The number of hydroxylamine groups is 2. The smallest absolute Gasteiger partial charge is 0.320 e. The lowest BCUT2D eigenvalue weighted by molar-refractivity contribution is -0.154. The SMILES string of the molecule is CNC(=O)c1cc(-c2nn(-c3ccccc3)c(NC(=O)N[C@@H]3CN(CCOC)O[C@H]3c3ccc(F)cc3)c2C)cn(C)c1=O. The molecule has 3 amide bonds. The third-order valence-electron chi connectivity index (χ3n) is 7.37. The zero-order valence-corrected chi connectivity index (χ0v) is 24.8. The van der Waals surface area contributed by atoms with Crippen molar-refractivity contribution in [3.05, 3.63) is 99.7 Å². The molecule has 0 unspecified atom stereocenters. The third kappa shape index (κ3) is 6.39. The summed E-state index contributed by atoms with van der Waals surface area (Å²) in [7, 11) is 4.61. The second-order valence-electron chi connectivity index (χ2n) is 10.4. The first-order chi connectivity index (χ1) is 21.2. The first-order valence-electron chi connectivity index (χ1n) is 14.0. The maximum absolute atomic E-state index is 13.6. The average molecular weight is 604 g/mol. The van der Waals surface area contributed by atoms with Gasteiger partial charge in [0.1, 0.15) is 23.3 Å². The number of benzene rings is 2. The number of rotatable bonds is 9. The van der Waals surface area contributed by atoms with E-state index in [1.165, 1.54) is 29.8 Å². The molecule has 1 saturated heterocycles. The van der Waals surface area contributed by atoms with Crippen LogP contribution in [0.2, 0.25) is 0 Å². The van der Waals surface area contributed by atoms with Crippen LogP contribution in [-0.4, -0.2) is 71.2 Å². The van der Waals surface area contributed by atoms with Crippen LogP contribution in [0.3, 0.4) is 0 Å². The van der Waals surface area contributed by atoms with E-state index < -0.39 is 29.6 Å². The van der Waals surface area contributed by atoms with Crippen LogP contribution in [0.1, 0.15) is 27.6 Å². The van der Waals surface area contributed by atoms with Crippen LogP contribution in [0.25, 0.3) is 16.9 Å². The minimum absolute atomic E-state index is 0.0282. The number of carbonyl (C=O) groups is 2. The highest BCUT2D eigenvalue weighted by molar-refractivity contribution is 5.95. The van der Waals surface area contributed by atoms with E-state index in [2.05, 4.69) is 16.0 Å². The Labute approximate surface area is 253 Å². The normalized spacial score (nSPS) is 16.6. The van der Waals surface area contributed by atoms with Crippen LogP contribution in [-0.2, 0) is 16.6 Å². The lowest BCUT2D eigenvalue weighted by atomic mass is 10.0. The van der Waals surface area contributed by atoms with E-state index in [1.807, 2.05) is 30.3 Å². The van der Waals surface area contributed by atoms with Gasteiger partial charge < -0.3 is 19.9 Å².